The van der Waals surface area contributed by atoms with Gasteiger partial charge in [0.25, 0.3) is 0 Å². The lowest BCUT2D eigenvalue weighted by atomic mass is 10.2. The van der Waals surface area contributed by atoms with Crippen LogP contribution < -0.4 is 16.4 Å². The molecule has 0 spiro atoms. The Balaban J connectivity index is 0.00000289. The lowest BCUT2D eigenvalue weighted by molar-refractivity contribution is -0.117. The second-order valence-corrected chi connectivity index (χ2v) is 3.76. The number of halogens is 1. The van der Waals surface area contributed by atoms with Gasteiger partial charge < -0.3 is 16.4 Å². The van der Waals surface area contributed by atoms with Gasteiger partial charge in [0.05, 0.1) is 6.04 Å². The zero-order chi connectivity index (χ0) is 12.8. The first-order valence-electron chi connectivity index (χ1n) is 5.49. The molecule has 18 heavy (non-hydrogen) atoms. The van der Waals surface area contributed by atoms with E-state index in [0.29, 0.717) is 17.8 Å². The molecule has 0 heterocycles. The quantitative estimate of drug-likeness (QED) is 0.780. The summed E-state index contributed by atoms with van der Waals surface area (Å²) in [7, 11) is 0. The van der Waals surface area contributed by atoms with Crippen molar-refractivity contribution in [3.8, 4) is 0 Å². The van der Waals surface area contributed by atoms with E-state index >= 15 is 0 Å². The van der Waals surface area contributed by atoms with E-state index in [9.17, 15) is 9.59 Å². The number of anilines is 2. The SMILES string of the molecule is CCC(=O)Nc1ccc(NC(=O)[C@H](C)N)cc1.Cl. The summed E-state index contributed by atoms with van der Waals surface area (Å²) in [6, 6.07) is 6.33. The fourth-order valence-corrected chi connectivity index (χ4v) is 1.14. The molecule has 0 unspecified atom stereocenters. The van der Waals surface area contributed by atoms with Gasteiger partial charge in [-0.1, -0.05) is 6.92 Å². The predicted octanol–water partition coefficient (Wildman–Crippen LogP) is 1.74. The van der Waals surface area contributed by atoms with E-state index in [0.717, 1.165) is 0 Å². The van der Waals surface area contributed by atoms with Gasteiger partial charge in [-0.15, -0.1) is 12.4 Å². The minimum Gasteiger partial charge on any atom is -0.326 e. The van der Waals surface area contributed by atoms with Gasteiger partial charge in [-0.05, 0) is 31.2 Å². The Morgan fingerprint density at radius 3 is 2.00 bits per heavy atom. The van der Waals surface area contributed by atoms with Crippen molar-refractivity contribution >= 4 is 35.6 Å². The van der Waals surface area contributed by atoms with Gasteiger partial charge in [0.1, 0.15) is 0 Å². The van der Waals surface area contributed by atoms with Crippen molar-refractivity contribution in [2.75, 3.05) is 10.6 Å². The summed E-state index contributed by atoms with van der Waals surface area (Å²) in [5, 5.41) is 5.38. The molecule has 1 aromatic carbocycles. The van der Waals surface area contributed by atoms with Gasteiger partial charge in [-0.3, -0.25) is 9.59 Å². The third-order valence-electron chi connectivity index (χ3n) is 2.17. The van der Waals surface area contributed by atoms with Crippen molar-refractivity contribution < 1.29 is 9.59 Å². The number of nitrogens with two attached hydrogens (primary N) is 1. The van der Waals surface area contributed by atoms with Crippen molar-refractivity contribution in [2.24, 2.45) is 5.73 Å². The molecule has 0 aromatic heterocycles. The lowest BCUT2D eigenvalue weighted by Crippen LogP contribution is -2.32. The van der Waals surface area contributed by atoms with E-state index in [1.807, 2.05) is 0 Å². The van der Waals surface area contributed by atoms with Crippen molar-refractivity contribution in [3.63, 3.8) is 0 Å². The van der Waals surface area contributed by atoms with Crippen LogP contribution in [0.4, 0.5) is 11.4 Å². The molecule has 0 radical (unpaired) electrons. The summed E-state index contributed by atoms with van der Waals surface area (Å²) >= 11 is 0. The van der Waals surface area contributed by atoms with Gasteiger partial charge in [0.15, 0.2) is 0 Å². The van der Waals surface area contributed by atoms with E-state index in [2.05, 4.69) is 10.6 Å². The Labute approximate surface area is 113 Å². The van der Waals surface area contributed by atoms with Crippen LogP contribution in [0.2, 0.25) is 0 Å². The molecule has 0 aliphatic rings. The van der Waals surface area contributed by atoms with Crippen LogP contribution in [0.5, 0.6) is 0 Å². The predicted molar refractivity (Wildman–Crippen MR) is 74.9 cm³/mol. The summed E-state index contributed by atoms with van der Waals surface area (Å²) in [6.45, 7) is 3.40. The van der Waals surface area contributed by atoms with Crippen LogP contribution in [-0.2, 0) is 9.59 Å². The Morgan fingerprint density at radius 1 is 1.17 bits per heavy atom. The zero-order valence-electron chi connectivity index (χ0n) is 10.4. The Bertz CT molecular complexity index is 404. The van der Waals surface area contributed by atoms with Crippen LogP contribution in [0.25, 0.3) is 0 Å². The number of rotatable bonds is 4. The molecular weight excluding hydrogens is 254 g/mol. The maximum atomic E-state index is 11.3. The first-order valence-corrected chi connectivity index (χ1v) is 5.49. The molecule has 0 bridgehead atoms. The number of hydrogen-bond acceptors (Lipinski definition) is 3. The van der Waals surface area contributed by atoms with Gasteiger partial charge in [-0.2, -0.15) is 0 Å². The molecule has 4 N–H and O–H groups in total. The van der Waals surface area contributed by atoms with Crippen molar-refractivity contribution in [3.05, 3.63) is 24.3 Å². The molecular formula is C12H18ClN3O2. The maximum Gasteiger partial charge on any atom is 0.240 e. The van der Waals surface area contributed by atoms with E-state index in [4.69, 9.17) is 5.73 Å². The third-order valence-corrected chi connectivity index (χ3v) is 2.17. The van der Waals surface area contributed by atoms with Gasteiger partial charge in [0.2, 0.25) is 11.8 Å². The molecule has 0 saturated carbocycles. The van der Waals surface area contributed by atoms with Crippen LogP contribution in [0, 0.1) is 0 Å². The fourth-order valence-electron chi connectivity index (χ4n) is 1.14. The zero-order valence-corrected chi connectivity index (χ0v) is 11.2. The monoisotopic (exact) mass is 271 g/mol. The molecule has 2 amide bonds. The molecule has 0 fully saturated rings. The normalized spacial score (nSPS) is 11.1. The number of nitrogens with one attached hydrogen (secondary N) is 2. The number of benzene rings is 1. The summed E-state index contributed by atoms with van der Waals surface area (Å²) in [5.74, 6) is -0.285. The van der Waals surface area contributed by atoms with Crippen LogP contribution in [-0.4, -0.2) is 17.9 Å². The van der Waals surface area contributed by atoms with E-state index in [1.54, 1.807) is 38.1 Å². The second-order valence-electron chi connectivity index (χ2n) is 3.76. The Kier molecular flexibility index (Phi) is 7.00. The minimum atomic E-state index is -0.547. The topological polar surface area (TPSA) is 84.2 Å². The third kappa shape index (κ3) is 5.16. The molecule has 6 heteroatoms. The first kappa shape index (κ1) is 16.4. The van der Waals surface area contributed by atoms with Gasteiger partial charge in [-0.25, -0.2) is 0 Å². The number of carbonyl (C=O) groups is 2. The molecule has 1 aromatic rings. The average Bonchev–Trinajstić information content (AvgIpc) is 2.31. The van der Waals surface area contributed by atoms with Gasteiger partial charge >= 0.3 is 0 Å². The second kappa shape index (κ2) is 7.68. The molecule has 5 nitrogen and oxygen atoms in total. The van der Waals surface area contributed by atoms with Gasteiger partial charge in [0, 0.05) is 17.8 Å². The molecule has 0 saturated heterocycles. The summed E-state index contributed by atoms with van der Waals surface area (Å²) in [4.78, 5) is 22.5. The van der Waals surface area contributed by atoms with Crippen LogP contribution in [0.3, 0.4) is 0 Å². The number of carbonyl (C=O) groups excluding carboxylic acids is 2. The number of amides is 2. The van der Waals surface area contributed by atoms with Crippen molar-refractivity contribution in [2.45, 2.75) is 26.3 Å². The highest BCUT2D eigenvalue weighted by Gasteiger charge is 2.07. The highest BCUT2D eigenvalue weighted by molar-refractivity contribution is 5.95. The first-order chi connectivity index (χ1) is 8.02. The highest BCUT2D eigenvalue weighted by atomic mass is 35.5. The standard InChI is InChI=1S/C12H17N3O2.ClH/c1-3-11(16)14-9-4-6-10(7-5-9)15-12(17)8(2)13;/h4-8H,3,13H2,1-2H3,(H,14,16)(H,15,17);1H/t8-;/m0./s1. The summed E-state index contributed by atoms with van der Waals surface area (Å²) in [5.41, 5.74) is 6.79. The summed E-state index contributed by atoms with van der Waals surface area (Å²) < 4.78 is 0. The van der Waals surface area contributed by atoms with Crippen molar-refractivity contribution in [1.82, 2.24) is 0 Å². The molecule has 0 aliphatic carbocycles. The smallest absolute Gasteiger partial charge is 0.240 e. The Hall–Kier alpha value is -1.59. The van der Waals surface area contributed by atoms with Crippen molar-refractivity contribution in [1.29, 1.82) is 0 Å². The molecule has 1 atom stereocenters. The summed E-state index contributed by atoms with van der Waals surface area (Å²) in [6.07, 6.45) is 0.434. The van der Waals surface area contributed by atoms with E-state index in [-0.39, 0.29) is 24.2 Å². The lowest BCUT2D eigenvalue weighted by Gasteiger charge is -2.08. The minimum absolute atomic E-state index is 0. The highest BCUT2D eigenvalue weighted by Crippen LogP contribution is 2.13. The number of hydrogen-bond donors (Lipinski definition) is 3. The molecule has 1 rings (SSSR count). The molecule has 0 aliphatic heterocycles. The molecule has 100 valence electrons. The Morgan fingerprint density at radius 2 is 1.61 bits per heavy atom. The largest absolute Gasteiger partial charge is 0.326 e. The van der Waals surface area contributed by atoms with E-state index < -0.39 is 6.04 Å². The average molecular weight is 272 g/mol. The fraction of sp³-hybridized carbons (Fsp3) is 0.333. The maximum absolute atomic E-state index is 11.3. The van der Waals surface area contributed by atoms with Crippen LogP contribution >= 0.6 is 12.4 Å². The van der Waals surface area contributed by atoms with E-state index in [1.165, 1.54) is 0 Å². The van der Waals surface area contributed by atoms with Crippen LogP contribution in [0.15, 0.2) is 24.3 Å². The van der Waals surface area contributed by atoms with Crippen LogP contribution in [0.1, 0.15) is 20.3 Å².